The van der Waals surface area contributed by atoms with Gasteiger partial charge in [-0.1, -0.05) is 90.6 Å². The maximum absolute atomic E-state index is 11.7. The summed E-state index contributed by atoms with van der Waals surface area (Å²) in [6.07, 6.45) is 6.92. The van der Waals surface area contributed by atoms with Crippen LogP contribution in [0.2, 0.25) is 0 Å². The van der Waals surface area contributed by atoms with E-state index in [1.807, 2.05) is 46.0 Å². The van der Waals surface area contributed by atoms with Gasteiger partial charge in [0.15, 0.2) is 5.78 Å². The smallest absolute Gasteiger partial charge is 0.162 e. The van der Waals surface area contributed by atoms with Crippen LogP contribution in [0.5, 0.6) is 0 Å². The molecule has 0 aliphatic heterocycles. The van der Waals surface area contributed by atoms with Crippen LogP contribution in [0.4, 0.5) is 0 Å². The quantitative estimate of drug-likeness (QED) is 0.111. The molecule has 5 rings (SSSR count). The van der Waals surface area contributed by atoms with E-state index in [9.17, 15) is 9.90 Å². The number of furan rings is 1. The van der Waals surface area contributed by atoms with Gasteiger partial charge in [0.1, 0.15) is 5.58 Å². The predicted molar refractivity (Wildman–Crippen MR) is 166 cm³/mol. The molecule has 0 saturated carbocycles. The Kier molecular flexibility index (Phi) is 10.8. The zero-order chi connectivity index (χ0) is 29.2. The van der Waals surface area contributed by atoms with Crippen molar-refractivity contribution in [2.24, 2.45) is 11.8 Å². The number of allylic oxidation sites excluding steroid dienone is 2. The molecule has 1 aliphatic carbocycles. The summed E-state index contributed by atoms with van der Waals surface area (Å²) in [7, 11) is 0. The van der Waals surface area contributed by atoms with E-state index < -0.39 is 0 Å². The second kappa shape index (κ2) is 13.5. The van der Waals surface area contributed by atoms with Crippen LogP contribution in [-0.4, -0.2) is 15.9 Å². The molecular weight excluding hydrogens is 687 g/mol. The molecule has 2 heterocycles. The van der Waals surface area contributed by atoms with E-state index in [-0.39, 0.29) is 48.9 Å². The van der Waals surface area contributed by atoms with Crippen LogP contribution in [-0.2, 0) is 30.3 Å². The molecule has 0 amide bonds. The van der Waals surface area contributed by atoms with Gasteiger partial charge in [0, 0.05) is 49.6 Å². The van der Waals surface area contributed by atoms with E-state index in [1.165, 1.54) is 28.2 Å². The third kappa shape index (κ3) is 6.22. The summed E-state index contributed by atoms with van der Waals surface area (Å²) in [6.45, 7) is 17.1. The number of nitrogens with zero attached hydrogens (tertiary/aromatic N) is 1. The van der Waals surface area contributed by atoms with Crippen molar-refractivity contribution in [1.82, 2.24) is 4.98 Å². The fraction of sp³-hybridized carbons (Fsp3) is 0.444. The normalized spacial score (nSPS) is 13.8. The molecule has 41 heavy (non-hydrogen) atoms. The first-order valence-corrected chi connectivity index (χ1v) is 14.9. The van der Waals surface area contributed by atoms with E-state index in [0.717, 1.165) is 53.5 Å². The maximum Gasteiger partial charge on any atom is 0.162 e. The molecule has 2 aromatic heterocycles. The predicted octanol–water partition coefficient (Wildman–Crippen LogP) is 10.1. The number of hydrogen-bond acceptors (Lipinski definition) is 4. The van der Waals surface area contributed by atoms with Gasteiger partial charge in [-0.3, -0.25) is 4.79 Å². The van der Waals surface area contributed by atoms with Crippen molar-refractivity contribution in [3.05, 3.63) is 77.2 Å². The molecule has 0 bridgehead atoms. The zero-order valence-electron chi connectivity index (χ0n) is 25.7. The topological polar surface area (TPSA) is 63.3 Å². The Morgan fingerprint density at radius 3 is 2.22 bits per heavy atom. The SMILES string of the molecule is CC(C)c1cnc2c(c1)C(C)(C)c1cccc3oc4cc[c-]c-2c4c13.CCC(CC)C(=O)/C=C(\O)C(CC)CC.[Ir]. The van der Waals surface area contributed by atoms with Crippen LogP contribution < -0.4 is 0 Å². The number of aliphatic hydroxyl groups is 1. The van der Waals surface area contributed by atoms with E-state index in [0.29, 0.717) is 5.92 Å². The van der Waals surface area contributed by atoms with Gasteiger partial charge in [0.25, 0.3) is 0 Å². The number of carbonyl (C=O) groups is 1. The average molecular weight is 731 g/mol. The van der Waals surface area contributed by atoms with Crippen molar-refractivity contribution in [3.8, 4) is 11.3 Å². The average Bonchev–Trinajstić information content (AvgIpc) is 3.29. The van der Waals surface area contributed by atoms with Gasteiger partial charge in [-0.25, -0.2) is 0 Å². The summed E-state index contributed by atoms with van der Waals surface area (Å²) in [5, 5.41) is 12.1. The van der Waals surface area contributed by atoms with Crippen molar-refractivity contribution in [1.29, 1.82) is 0 Å². The first kappa shape index (κ1) is 32.8. The van der Waals surface area contributed by atoms with Gasteiger partial charge in [0.2, 0.25) is 0 Å². The van der Waals surface area contributed by atoms with Gasteiger partial charge in [-0.2, -0.15) is 0 Å². The summed E-state index contributed by atoms with van der Waals surface area (Å²) in [5.74, 6) is 1.000. The van der Waals surface area contributed by atoms with Crippen LogP contribution in [0, 0.1) is 17.9 Å². The number of aromatic nitrogens is 1. The fourth-order valence-electron chi connectivity index (χ4n) is 5.91. The summed E-state index contributed by atoms with van der Waals surface area (Å²) in [4.78, 5) is 16.6. The Morgan fingerprint density at radius 1 is 0.976 bits per heavy atom. The van der Waals surface area contributed by atoms with Crippen molar-refractivity contribution in [2.75, 3.05) is 0 Å². The van der Waals surface area contributed by atoms with Crippen molar-refractivity contribution >= 4 is 27.7 Å². The van der Waals surface area contributed by atoms with Crippen LogP contribution in [0.25, 0.3) is 33.2 Å². The molecule has 1 aliphatic rings. The third-order valence-corrected chi connectivity index (χ3v) is 8.70. The zero-order valence-corrected chi connectivity index (χ0v) is 28.1. The van der Waals surface area contributed by atoms with E-state index in [4.69, 9.17) is 9.40 Å². The Hall–Kier alpha value is -2.75. The summed E-state index contributed by atoms with van der Waals surface area (Å²) < 4.78 is 6.13. The van der Waals surface area contributed by atoms with E-state index in [2.05, 4.69) is 58.0 Å². The molecule has 1 radical (unpaired) electrons. The minimum atomic E-state index is -0.156. The molecule has 0 fully saturated rings. The first-order valence-electron chi connectivity index (χ1n) is 14.9. The molecule has 1 N–H and O–H groups in total. The monoisotopic (exact) mass is 731 g/mol. The number of hydrogen-bond donors (Lipinski definition) is 1. The number of benzene rings is 2. The molecular formula is C36H44IrNO3-. The van der Waals surface area contributed by atoms with Gasteiger partial charge in [-0.05, 0) is 59.9 Å². The van der Waals surface area contributed by atoms with Crippen LogP contribution >= 0.6 is 0 Å². The van der Waals surface area contributed by atoms with Gasteiger partial charge in [0.05, 0.1) is 11.3 Å². The van der Waals surface area contributed by atoms with E-state index >= 15 is 0 Å². The van der Waals surface area contributed by atoms with Crippen LogP contribution in [0.1, 0.15) is 104 Å². The Balaban J connectivity index is 0.000000253. The minimum absolute atomic E-state index is 0. The van der Waals surface area contributed by atoms with Crippen molar-refractivity contribution in [2.45, 2.75) is 92.4 Å². The Bertz CT molecular complexity index is 1540. The molecule has 0 spiro atoms. The molecule has 4 aromatic rings. The van der Waals surface area contributed by atoms with Gasteiger partial charge in [-0.15, -0.1) is 17.7 Å². The molecule has 4 nitrogen and oxygen atoms in total. The minimum Gasteiger partial charge on any atom is -0.512 e. The Morgan fingerprint density at radius 2 is 1.61 bits per heavy atom. The number of carbonyl (C=O) groups excluding carboxylic acids is 1. The molecule has 2 aromatic carbocycles. The third-order valence-electron chi connectivity index (χ3n) is 8.70. The first-order chi connectivity index (χ1) is 19.1. The number of pyridine rings is 1. The summed E-state index contributed by atoms with van der Waals surface area (Å²) >= 11 is 0. The second-order valence-electron chi connectivity index (χ2n) is 11.8. The van der Waals surface area contributed by atoms with E-state index in [1.54, 1.807) is 0 Å². The van der Waals surface area contributed by atoms with Crippen LogP contribution in [0.15, 0.2) is 58.8 Å². The molecule has 5 heteroatoms. The molecule has 0 unspecified atom stereocenters. The number of fused-ring (bicyclic) bond motifs is 2. The summed E-state index contributed by atoms with van der Waals surface area (Å²) in [6, 6.07) is 16.1. The molecule has 0 saturated heterocycles. The largest absolute Gasteiger partial charge is 0.512 e. The standard InChI is InChI=1S/C23H20NO.C13H24O2.Ir/c1-13(2)14-11-17-22(24-12-14)15-7-5-9-18-20(15)21-16(23(17,3)4)8-6-10-19(21)25-18;1-5-10(6-2)12(14)9-13(15)11(7-3)8-4;/h5-6,8-13H,1-4H3;9-11,14H,5-8H2,1-4H3;/q-1;;/b;12-9-;. The van der Waals surface area contributed by atoms with Gasteiger partial charge >= 0.3 is 0 Å². The van der Waals surface area contributed by atoms with Gasteiger partial charge < -0.3 is 14.5 Å². The van der Waals surface area contributed by atoms with Crippen molar-refractivity contribution in [3.63, 3.8) is 0 Å². The maximum atomic E-state index is 11.7. The molecule has 221 valence electrons. The fourth-order valence-corrected chi connectivity index (χ4v) is 5.91. The Labute approximate surface area is 259 Å². The molecule has 0 atom stereocenters. The van der Waals surface area contributed by atoms with Crippen molar-refractivity contribution < 1.29 is 34.4 Å². The number of ketones is 1. The van der Waals surface area contributed by atoms with Crippen LogP contribution in [0.3, 0.4) is 0 Å². The second-order valence-corrected chi connectivity index (χ2v) is 11.8. The number of rotatable bonds is 8. The summed E-state index contributed by atoms with van der Waals surface area (Å²) in [5.41, 5.74) is 7.62. The number of aliphatic hydroxyl groups excluding tert-OH is 1.